The number of hydrogen-bond donors (Lipinski definition) is 1. The molecule has 2 aromatic rings. The van der Waals surface area contributed by atoms with E-state index < -0.39 is 0 Å². The predicted molar refractivity (Wildman–Crippen MR) is 82.8 cm³/mol. The number of nitrogens with zero attached hydrogens (tertiary/aromatic N) is 1. The van der Waals surface area contributed by atoms with Gasteiger partial charge >= 0.3 is 0 Å². The van der Waals surface area contributed by atoms with Crippen molar-refractivity contribution in [3.8, 4) is 5.75 Å². The van der Waals surface area contributed by atoms with Gasteiger partial charge in [0.25, 0.3) is 5.91 Å². The highest BCUT2D eigenvalue weighted by atomic mass is 79.9. The van der Waals surface area contributed by atoms with Gasteiger partial charge in [-0.1, -0.05) is 29.8 Å². The van der Waals surface area contributed by atoms with Gasteiger partial charge in [0.15, 0.2) is 0 Å². The average Bonchev–Trinajstić information content (AvgIpc) is 2.43. The first-order chi connectivity index (χ1) is 9.47. The first-order valence-electron chi connectivity index (χ1n) is 6.27. The molecule has 0 saturated carbocycles. The van der Waals surface area contributed by atoms with Crippen molar-refractivity contribution in [3.05, 3.63) is 63.6 Å². The maximum absolute atomic E-state index is 12.3. The first kappa shape index (κ1) is 14.6. The lowest BCUT2D eigenvalue weighted by molar-refractivity contribution is 0.0784. The third-order valence-electron chi connectivity index (χ3n) is 3.08. The summed E-state index contributed by atoms with van der Waals surface area (Å²) in [5.41, 5.74) is 2.74. The number of aryl methyl sites for hydroxylation is 1. The fourth-order valence-electron chi connectivity index (χ4n) is 1.91. The summed E-state index contributed by atoms with van der Waals surface area (Å²) >= 11 is 3.20. The molecule has 0 bridgehead atoms. The number of phenols is 1. The summed E-state index contributed by atoms with van der Waals surface area (Å²) in [6.07, 6.45) is 0. The van der Waals surface area contributed by atoms with E-state index in [1.165, 1.54) is 11.6 Å². The number of phenolic OH excluding ortho intramolecular Hbond substituents is 1. The number of carbonyl (C=O) groups excluding carboxylic acids is 1. The highest BCUT2D eigenvalue weighted by Gasteiger charge is 2.13. The van der Waals surface area contributed by atoms with Crippen LogP contribution >= 0.6 is 15.9 Å². The van der Waals surface area contributed by atoms with E-state index in [9.17, 15) is 9.90 Å². The van der Waals surface area contributed by atoms with Gasteiger partial charge in [0.05, 0.1) is 4.47 Å². The summed E-state index contributed by atoms with van der Waals surface area (Å²) < 4.78 is 0.579. The number of benzene rings is 2. The first-order valence-corrected chi connectivity index (χ1v) is 7.06. The van der Waals surface area contributed by atoms with Crippen molar-refractivity contribution in [2.45, 2.75) is 13.5 Å². The van der Waals surface area contributed by atoms with Crippen LogP contribution in [-0.2, 0) is 6.54 Å². The Kier molecular flexibility index (Phi) is 4.45. The van der Waals surface area contributed by atoms with Gasteiger partial charge in [0.1, 0.15) is 5.75 Å². The molecule has 2 rings (SSSR count). The Morgan fingerprint density at radius 2 is 1.85 bits per heavy atom. The Morgan fingerprint density at radius 3 is 2.45 bits per heavy atom. The zero-order valence-corrected chi connectivity index (χ0v) is 13.0. The van der Waals surface area contributed by atoms with Gasteiger partial charge in [-0.2, -0.15) is 0 Å². The van der Waals surface area contributed by atoms with Crippen molar-refractivity contribution in [1.29, 1.82) is 0 Å². The summed E-state index contributed by atoms with van der Waals surface area (Å²) in [4.78, 5) is 13.9. The minimum atomic E-state index is -0.117. The fraction of sp³-hybridized carbons (Fsp3) is 0.188. The molecule has 4 heteroatoms. The second-order valence-corrected chi connectivity index (χ2v) is 5.67. The van der Waals surface area contributed by atoms with E-state index in [1.54, 1.807) is 24.1 Å². The van der Waals surface area contributed by atoms with Crippen LogP contribution in [0.4, 0.5) is 0 Å². The molecule has 0 saturated heterocycles. The number of halogens is 1. The minimum absolute atomic E-state index is 0.0691. The lowest BCUT2D eigenvalue weighted by atomic mass is 10.1. The third-order valence-corrected chi connectivity index (χ3v) is 3.75. The molecule has 0 radical (unpaired) electrons. The smallest absolute Gasteiger partial charge is 0.254 e. The minimum Gasteiger partial charge on any atom is -0.507 e. The number of amides is 1. The standard InChI is InChI=1S/C16H16BrNO2/c1-11-3-5-12(6-4-11)10-18(2)16(20)13-7-8-14(17)15(19)9-13/h3-9,19H,10H2,1-2H3. The lowest BCUT2D eigenvalue weighted by Crippen LogP contribution is -2.26. The summed E-state index contributed by atoms with van der Waals surface area (Å²) in [6.45, 7) is 2.57. The Labute approximate surface area is 127 Å². The predicted octanol–water partition coefficient (Wildman–Crippen LogP) is 3.74. The van der Waals surface area contributed by atoms with Crippen LogP contribution in [0.15, 0.2) is 46.9 Å². The molecule has 0 unspecified atom stereocenters. The number of rotatable bonds is 3. The Bertz CT molecular complexity index is 623. The van der Waals surface area contributed by atoms with Crippen LogP contribution in [0.3, 0.4) is 0 Å². The molecule has 0 aliphatic heterocycles. The number of hydrogen-bond acceptors (Lipinski definition) is 2. The van der Waals surface area contributed by atoms with Crippen molar-refractivity contribution in [1.82, 2.24) is 4.90 Å². The van der Waals surface area contributed by atoms with E-state index in [1.807, 2.05) is 31.2 Å². The van der Waals surface area contributed by atoms with Crippen LogP contribution in [0.25, 0.3) is 0 Å². The summed E-state index contributed by atoms with van der Waals surface area (Å²) in [5, 5.41) is 9.63. The molecule has 0 atom stereocenters. The van der Waals surface area contributed by atoms with Crippen LogP contribution in [-0.4, -0.2) is 23.0 Å². The summed E-state index contributed by atoms with van der Waals surface area (Å²) in [5.74, 6) is -0.0482. The van der Waals surface area contributed by atoms with Crippen LogP contribution in [0.2, 0.25) is 0 Å². The van der Waals surface area contributed by atoms with E-state index in [0.29, 0.717) is 16.6 Å². The maximum atomic E-state index is 12.3. The summed E-state index contributed by atoms with van der Waals surface area (Å²) in [7, 11) is 1.75. The third kappa shape index (κ3) is 3.39. The molecular weight excluding hydrogens is 318 g/mol. The monoisotopic (exact) mass is 333 g/mol. The molecule has 0 spiro atoms. The molecule has 1 amide bonds. The number of aromatic hydroxyl groups is 1. The van der Waals surface area contributed by atoms with E-state index in [-0.39, 0.29) is 11.7 Å². The van der Waals surface area contributed by atoms with Crippen LogP contribution in [0.5, 0.6) is 5.75 Å². The van der Waals surface area contributed by atoms with Crippen LogP contribution < -0.4 is 0 Å². The molecule has 0 heterocycles. The second kappa shape index (κ2) is 6.09. The van der Waals surface area contributed by atoms with Crippen LogP contribution in [0, 0.1) is 6.92 Å². The highest BCUT2D eigenvalue weighted by molar-refractivity contribution is 9.10. The van der Waals surface area contributed by atoms with E-state index in [2.05, 4.69) is 15.9 Å². The van der Waals surface area contributed by atoms with E-state index in [0.717, 1.165) is 5.56 Å². The normalized spacial score (nSPS) is 10.3. The molecule has 3 nitrogen and oxygen atoms in total. The van der Waals surface area contributed by atoms with Crippen molar-refractivity contribution in [2.24, 2.45) is 0 Å². The van der Waals surface area contributed by atoms with Gasteiger partial charge in [-0.15, -0.1) is 0 Å². The molecule has 20 heavy (non-hydrogen) atoms. The SMILES string of the molecule is Cc1ccc(CN(C)C(=O)c2ccc(Br)c(O)c2)cc1. The van der Waals surface area contributed by atoms with Crippen molar-refractivity contribution in [2.75, 3.05) is 7.05 Å². The van der Waals surface area contributed by atoms with Crippen molar-refractivity contribution < 1.29 is 9.90 Å². The Hall–Kier alpha value is -1.81. The second-order valence-electron chi connectivity index (χ2n) is 4.81. The Balaban J connectivity index is 2.11. The molecule has 1 N–H and O–H groups in total. The highest BCUT2D eigenvalue weighted by Crippen LogP contribution is 2.25. The zero-order valence-electron chi connectivity index (χ0n) is 11.4. The van der Waals surface area contributed by atoms with Crippen molar-refractivity contribution >= 4 is 21.8 Å². The number of carbonyl (C=O) groups is 1. The van der Waals surface area contributed by atoms with Gasteiger partial charge in [0, 0.05) is 19.2 Å². The molecule has 0 aromatic heterocycles. The molecule has 104 valence electrons. The summed E-state index contributed by atoms with van der Waals surface area (Å²) in [6, 6.07) is 12.9. The topological polar surface area (TPSA) is 40.5 Å². The van der Waals surface area contributed by atoms with E-state index in [4.69, 9.17) is 0 Å². The zero-order chi connectivity index (χ0) is 14.7. The largest absolute Gasteiger partial charge is 0.507 e. The van der Waals surface area contributed by atoms with Gasteiger partial charge in [0.2, 0.25) is 0 Å². The van der Waals surface area contributed by atoms with Gasteiger partial charge in [-0.25, -0.2) is 0 Å². The van der Waals surface area contributed by atoms with Gasteiger partial charge in [-0.3, -0.25) is 4.79 Å². The lowest BCUT2D eigenvalue weighted by Gasteiger charge is -2.17. The molecule has 2 aromatic carbocycles. The molecule has 0 aliphatic rings. The van der Waals surface area contributed by atoms with Crippen LogP contribution in [0.1, 0.15) is 21.5 Å². The van der Waals surface area contributed by atoms with Gasteiger partial charge in [-0.05, 0) is 46.6 Å². The molecule has 0 fully saturated rings. The Morgan fingerprint density at radius 1 is 1.20 bits per heavy atom. The maximum Gasteiger partial charge on any atom is 0.254 e. The van der Waals surface area contributed by atoms with Crippen molar-refractivity contribution in [3.63, 3.8) is 0 Å². The fourth-order valence-corrected chi connectivity index (χ4v) is 2.15. The molecule has 0 aliphatic carbocycles. The van der Waals surface area contributed by atoms with E-state index >= 15 is 0 Å². The quantitative estimate of drug-likeness (QED) is 0.929. The average molecular weight is 334 g/mol. The van der Waals surface area contributed by atoms with Gasteiger partial charge < -0.3 is 10.0 Å². The molecular formula is C16H16BrNO2.